The topological polar surface area (TPSA) is 78.5 Å². The first-order valence-electron chi connectivity index (χ1n) is 11.5. The van der Waals surface area contributed by atoms with E-state index in [0.717, 1.165) is 56.2 Å². The molecule has 0 radical (unpaired) electrons. The highest BCUT2D eigenvalue weighted by atomic mass is 16.2. The molecule has 0 aromatic heterocycles. The minimum atomic E-state index is -0.888. The van der Waals surface area contributed by atoms with Gasteiger partial charge in [0.2, 0.25) is 11.8 Å². The van der Waals surface area contributed by atoms with Gasteiger partial charge in [-0.15, -0.1) is 0 Å². The molecule has 4 rings (SSSR count). The fourth-order valence-corrected chi connectivity index (χ4v) is 5.31. The number of rotatable bonds is 5. The first kappa shape index (κ1) is 20.9. The Morgan fingerprint density at radius 3 is 2.27 bits per heavy atom. The predicted molar refractivity (Wildman–Crippen MR) is 116 cm³/mol. The molecule has 1 aliphatic heterocycles. The quantitative estimate of drug-likeness (QED) is 0.780. The van der Waals surface area contributed by atoms with Crippen molar-refractivity contribution in [1.29, 1.82) is 0 Å². The van der Waals surface area contributed by atoms with Crippen LogP contribution < -0.4 is 15.5 Å². The molecule has 0 bridgehead atoms. The van der Waals surface area contributed by atoms with Crippen molar-refractivity contribution < 1.29 is 14.4 Å². The van der Waals surface area contributed by atoms with E-state index < -0.39 is 11.6 Å². The number of hydrogen-bond acceptors (Lipinski definition) is 3. The lowest BCUT2D eigenvalue weighted by Crippen LogP contribution is -2.65. The molecule has 2 saturated carbocycles. The van der Waals surface area contributed by atoms with E-state index >= 15 is 0 Å². The maximum absolute atomic E-state index is 13.8. The number of aryl methyl sites for hydroxylation is 1. The summed E-state index contributed by atoms with van der Waals surface area (Å²) < 4.78 is 0. The van der Waals surface area contributed by atoms with Crippen molar-refractivity contribution in [2.45, 2.75) is 95.2 Å². The van der Waals surface area contributed by atoms with Gasteiger partial charge in [-0.05, 0) is 51.2 Å². The van der Waals surface area contributed by atoms with Gasteiger partial charge in [-0.2, -0.15) is 0 Å². The molecule has 1 aromatic carbocycles. The number of hydrogen-bond donors (Lipinski definition) is 2. The molecule has 1 heterocycles. The van der Waals surface area contributed by atoms with Crippen LogP contribution in [0.1, 0.15) is 76.2 Å². The molecule has 3 fully saturated rings. The molecule has 3 amide bonds. The largest absolute Gasteiger partial charge is 0.351 e. The van der Waals surface area contributed by atoms with Gasteiger partial charge in [0.05, 0.1) is 0 Å². The second kappa shape index (κ2) is 8.78. The molecule has 1 aromatic rings. The third-order valence-electron chi connectivity index (χ3n) is 7.03. The highest BCUT2D eigenvalue weighted by Gasteiger charge is 2.50. The molecule has 3 aliphatic rings. The summed E-state index contributed by atoms with van der Waals surface area (Å²) in [5.41, 5.74) is 0.962. The van der Waals surface area contributed by atoms with Crippen molar-refractivity contribution in [3.63, 3.8) is 0 Å². The van der Waals surface area contributed by atoms with Crippen LogP contribution >= 0.6 is 0 Å². The maximum Gasteiger partial charge on any atom is 0.250 e. The molecule has 1 atom stereocenters. The Morgan fingerprint density at radius 2 is 1.67 bits per heavy atom. The van der Waals surface area contributed by atoms with Crippen molar-refractivity contribution in [3.05, 3.63) is 29.8 Å². The summed E-state index contributed by atoms with van der Waals surface area (Å²) in [7, 11) is 0. The first-order chi connectivity index (χ1) is 14.5. The van der Waals surface area contributed by atoms with Crippen LogP contribution in [0.3, 0.4) is 0 Å². The second-order valence-electron chi connectivity index (χ2n) is 9.22. The minimum Gasteiger partial charge on any atom is -0.351 e. The highest BCUT2D eigenvalue weighted by molar-refractivity contribution is 6.07. The summed E-state index contributed by atoms with van der Waals surface area (Å²) in [6.07, 6.45) is 9.40. The van der Waals surface area contributed by atoms with Gasteiger partial charge in [0.25, 0.3) is 5.91 Å². The molecule has 6 nitrogen and oxygen atoms in total. The standard InChI is InChI=1S/C24H33N3O3/c1-17-9-11-19(12-10-17)27(22(29)20-13-14-21(28)26-20)24(15-5-2-6-16-24)23(30)25-18-7-3-4-8-18/h9-12,18,20H,2-8,13-16H2,1H3,(H,25,30)(H,26,28)/t20-/m0/s1. The van der Waals surface area contributed by atoms with E-state index in [0.29, 0.717) is 25.7 Å². The molecular formula is C24H33N3O3. The van der Waals surface area contributed by atoms with Crippen molar-refractivity contribution >= 4 is 23.4 Å². The molecule has 0 spiro atoms. The molecule has 30 heavy (non-hydrogen) atoms. The number of benzene rings is 1. The van der Waals surface area contributed by atoms with E-state index in [2.05, 4.69) is 10.6 Å². The molecule has 2 N–H and O–H groups in total. The van der Waals surface area contributed by atoms with Crippen LogP contribution in [0, 0.1) is 6.92 Å². The van der Waals surface area contributed by atoms with Gasteiger partial charge >= 0.3 is 0 Å². The third kappa shape index (κ3) is 4.09. The molecule has 6 heteroatoms. The summed E-state index contributed by atoms with van der Waals surface area (Å²) in [4.78, 5) is 41.1. The fraction of sp³-hybridized carbons (Fsp3) is 0.625. The lowest BCUT2D eigenvalue weighted by Gasteiger charge is -2.46. The van der Waals surface area contributed by atoms with Crippen molar-refractivity contribution in [2.24, 2.45) is 0 Å². The normalized spacial score (nSPS) is 23.8. The lowest BCUT2D eigenvalue weighted by atomic mass is 9.78. The lowest BCUT2D eigenvalue weighted by molar-refractivity contribution is -0.133. The van der Waals surface area contributed by atoms with Crippen molar-refractivity contribution in [2.75, 3.05) is 4.90 Å². The molecule has 2 aliphatic carbocycles. The maximum atomic E-state index is 13.8. The van der Waals surface area contributed by atoms with Crippen LogP contribution in [0.2, 0.25) is 0 Å². The summed E-state index contributed by atoms with van der Waals surface area (Å²) >= 11 is 0. The van der Waals surface area contributed by atoms with E-state index in [4.69, 9.17) is 0 Å². The van der Waals surface area contributed by atoms with E-state index in [1.165, 1.54) is 0 Å². The van der Waals surface area contributed by atoms with Crippen LogP contribution in [-0.2, 0) is 14.4 Å². The van der Waals surface area contributed by atoms with Crippen molar-refractivity contribution in [3.8, 4) is 0 Å². The van der Waals surface area contributed by atoms with Crippen LogP contribution in [0.4, 0.5) is 5.69 Å². The van der Waals surface area contributed by atoms with Crippen LogP contribution in [-0.4, -0.2) is 35.3 Å². The Bertz CT molecular complexity index is 792. The number of carbonyl (C=O) groups excluding carboxylic acids is 3. The van der Waals surface area contributed by atoms with Crippen LogP contribution in [0.5, 0.6) is 0 Å². The Labute approximate surface area is 178 Å². The summed E-state index contributed by atoms with van der Waals surface area (Å²) in [6, 6.07) is 7.48. The monoisotopic (exact) mass is 411 g/mol. The van der Waals surface area contributed by atoms with Crippen molar-refractivity contribution in [1.82, 2.24) is 10.6 Å². The summed E-state index contributed by atoms with van der Waals surface area (Å²) in [5, 5.41) is 6.11. The Morgan fingerprint density at radius 1 is 1.00 bits per heavy atom. The molecule has 1 saturated heterocycles. The van der Waals surface area contributed by atoms with E-state index in [9.17, 15) is 14.4 Å². The van der Waals surface area contributed by atoms with E-state index in [-0.39, 0.29) is 23.8 Å². The van der Waals surface area contributed by atoms with Crippen LogP contribution in [0.15, 0.2) is 24.3 Å². The number of nitrogens with one attached hydrogen (secondary N) is 2. The number of amides is 3. The molecule has 162 valence electrons. The van der Waals surface area contributed by atoms with Crippen LogP contribution in [0.25, 0.3) is 0 Å². The number of carbonyl (C=O) groups is 3. The first-order valence-corrected chi connectivity index (χ1v) is 11.5. The molecule has 0 unspecified atom stereocenters. The molecular weight excluding hydrogens is 378 g/mol. The summed E-state index contributed by atoms with van der Waals surface area (Å²) in [5.74, 6) is -0.272. The zero-order valence-corrected chi connectivity index (χ0v) is 17.9. The van der Waals surface area contributed by atoms with E-state index in [1.807, 2.05) is 31.2 Å². The Kier molecular flexibility index (Phi) is 6.11. The van der Waals surface area contributed by atoms with Gasteiger partial charge in [0.15, 0.2) is 0 Å². The average molecular weight is 412 g/mol. The Balaban J connectivity index is 1.72. The SMILES string of the molecule is Cc1ccc(N(C(=O)[C@@H]2CCC(=O)N2)C2(C(=O)NC3CCCC3)CCCCC2)cc1. The zero-order chi connectivity index (χ0) is 21.1. The fourth-order valence-electron chi connectivity index (χ4n) is 5.31. The highest BCUT2D eigenvalue weighted by Crippen LogP contribution is 2.39. The number of anilines is 1. The Hall–Kier alpha value is -2.37. The third-order valence-corrected chi connectivity index (χ3v) is 7.03. The average Bonchev–Trinajstić information content (AvgIpc) is 3.42. The van der Waals surface area contributed by atoms with E-state index in [1.54, 1.807) is 4.90 Å². The summed E-state index contributed by atoms with van der Waals surface area (Å²) in [6.45, 7) is 2.01. The van der Waals surface area contributed by atoms with Gasteiger partial charge in [-0.3, -0.25) is 19.3 Å². The smallest absolute Gasteiger partial charge is 0.250 e. The van der Waals surface area contributed by atoms with Gasteiger partial charge in [-0.1, -0.05) is 49.8 Å². The second-order valence-corrected chi connectivity index (χ2v) is 9.22. The predicted octanol–water partition coefficient (Wildman–Crippen LogP) is 3.37. The minimum absolute atomic E-state index is 0.0210. The zero-order valence-electron chi connectivity index (χ0n) is 17.9. The van der Waals surface area contributed by atoms with Gasteiger partial charge in [0.1, 0.15) is 11.6 Å². The van der Waals surface area contributed by atoms with Gasteiger partial charge < -0.3 is 10.6 Å². The van der Waals surface area contributed by atoms with Gasteiger partial charge in [-0.25, -0.2) is 0 Å². The van der Waals surface area contributed by atoms with Gasteiger partial charge in [0, 0.05) is 18.2 Å². The number of nitrogens with zero attached hydrogens (tertiary/aromatic N) is 1.